The number of hydrogen-bond acceptors (Lipinski definition) is 3. The van der Waals surface area contributed by atoms with Crippen LogP contribution in [0.2, 0.25) is 0 Å². The van der Waals surface area contributed by atoms with Gasteiger partial charge in [0.25, 0.3) is 0 Å². The number of Topliss-reactive ketones (excluding diaryl/α,β-unsaturated/α-hetero) is 1. The summed E-state index contributed by atoms with van der Waals surface area (Å²) >= 11 is 0. The Morgan fingerprint density at radius 2 is 2.15 bits per heavy atom. The second kappa shape index (κ2) is 4.33. The fraction of sp³-hybridized carbons (Fsp3) is 0.600. The molecule has 0 amide bonds. The van der Waals surface area contributed by atoms with E-state index in [1.165, 1.54) is 6.08 Å². The van der Waals surface area contributed by atoms with Gasteiger partial charge in [-0.25, -0.2) is 0 Å². The molecule has 3 heteroatoms. The van der Waals surface area contributed by atoms with Gasteiger partial charge in [-0.3, -0.25) is 9.59 Å². The topological polar surface area (TPSA) is 37.4 Å². The number of allylic oxidation sites excluding steroid dienone is 2. The molecule has 0 saturated heterocycles. The molecule has 0 fully saturated rings. The van der Waals surface area contributed by atoms with Crippen molar-refractivity contribution in [1.82, 2.24) is 4.90 Å². The number of carbonyl (C=O) groups is 2. The van der Waals surface area contributed by atoms with Gasteiger partial charge in [0.05, 0.1) is 5.92 Å². The highest BCUT2D eigenvalue weighted by molar-refractivity contribution is 6.10. The van der Waals surface area contributed by atoms with Crippen molar-refractivity contribution in [1.29, 1.82) is 0 Å². The van der Waals surface area contributed by atoms with Crippen molar-refractivity contribution in [3.8, 4) is 0 Å². The molecule has 0 aromatic carbocycles. The third-order valence-corrected chi connectivity index (χ3v) is 2.20. The maximum absolute atomic E-state index is 11.3. The van der Waals surface area contributed by atoms with Crippen LogP contribution in [-0.2, 0) is 9.59 Å². The van der Waals surface area contributed by atoms with E-state index in [1.807, 2.05) is 19.0 Å². The Kier molecular flexibility index (Phi) is 3.37. The van der Waals surface area contributed by atoms with Gasteiger partial charge in [0.2, 0.25) is 0 Å². The summed E-state index contributed by atoms with van der Waals surface area (Å²) in [4.78, 5) is 24.6. The maximum Gasteiger partial charge on any atom is 0.165 e. The van der Waals surface area contributed by atoms with Crippen LogP contribution in [0.25, 0.3) is 0 Å². The average Bonchev–Trinajstić information content (AvgIpc) is 2.03. The Labute approximate surface area is 78.4 Å². The van der Waals surface area contributed by atoms with Crippen molar-refractivity contribution >= 4 is 11.6 Å². The van der Waals surface area contributed by atoms with Crippen molar-refractivity contribution in [3.05, 3.63) is 12.2 Å². The predicted molar refractivity (Wildman–Crippen MR) is 50.4 cm³/mol. The molecular formula is C10H15NO2. The van der Waals surface area contributed by atoms with Crippen LogP contribution in [0.1, 0.15) is 12.8 Å². The minimum absolute atomic E-state index is 0.0295. The molecule has 0 radical (unpaired) electrons. The van der Waals surface area contributed by atoms with Crippen molar-refractivity contribution in [2.24, 2.45) is 5.92 Å². The van der Waals surface area contributed by atoms with Crippen molar-refractivity contribution in [2.75, 3.05) is 20.6 Å². The molecule has 1 rings (SSSR count). The maximum atomic E-state index is 11.3. The fourth-order valence-corrected chi connectivity index (χ4v) is 1.40. The molecule has 72 valence electrons. The van der Waals surface area contributed by atoms with Crippen molar-refractivity contribution in [3.63, 3.8) is 0 Å². The highest BCUT2D eigenvalue weighted by Gasteiger charge is 2.26. The van der Waals surface area contributed by atoms with Crippen LogP contribution >= 0.6 is 0 Å². The van der Waals surface area contributed by atoms with Gasteiger partial charge in [-0.2, -0.15) is 0 Å². The van der Waals surface area contributed by atoms with E-state index in [-0.39, 0.29) is 17.5 Å². The van der Waals surface area contributed by atoms with Gasteiger partial charge >= 0.3 is 0 Å². The molecule has 0 aromatic heterocycles. The number of ketones is 2. The fourth-order valence-electron chi connectivity index (χ4n) is 1.40. The first kappa shape index (κ1) is 10.1. The first-order valence-electron chi connectivity index (χ1n) is 4.49. The van der Waals surface area contributed by atoms with E-state index in [1.54, 1.807) is 6.08 Å². The summed E-state index contributed by atoms with van der Waals surface area (Å²) in [5, 5.41) is 0. The highest BCUT2D eigenvalue weighted by atomic mass is 16.1. The van der Waals surface area contributed by atoms with Gasteiger partial charge in [-0.05, 0) is 33.1 Å². The van der Waals surface area contributed by atoms with E-state index >= 15 is 0 Å². The summed E-state index contributed by atoms with van der Waals surface area (Å²) in [7, 11) is 3.88. The van der Waals surface area contributed by atoms with Gasteiger partial charge in [0.15, 0.2) is 5.78 Å². The Morgan fingerprint density at radius 1 is 1.46 bits per heavy atom. The molecule has 0 bridgehead atoms. The molecule has 1 unspecified atom stereocenters. The Bertz CT molecular complexity index is 243. The zero-order valence-electron chi connectivity index (χ0n) is 8.12. The van der Waals surface area contributed by atoms with Gasteiger partial charge in [0, 0.05) is 6.42 Å². The molecule has 0 N–H and O–H groups in total. The highest BCUT2D eigenvalue weighted by Crippen LogP contribution is 2.15. The van der Waals surface area contributed by atoms with Crippen LogP contribution < -0.4 is 0 Å². The quantitative estimate of drug-likeness (QED) is 0.600. The van der Waals surface area contributed by atoms with Crippen LogP contribution in [-0.4, -0.2) is 37.1 Å². The molecule has 1 aliphatic rings. The zero-order chi connectivity index (χ0) is 9.84. The lowest BCUT2D eigenvalue weighted by Gasteiger charge is -2.17. The number of nitrogens with zero attached hydrogens (tertiary/aromatic N) is 1. The summed E-state index contributed by atoms with van der Waals surface area (Å²) in [6, 6.07) is 0. The zero-order valence-corrected chi connectivity index (χ0v) is 8.12. The summed E-state index contributed by atoms with van der Waals surface area (Å²) < 4.78 is 0. The molecular weight excluding hydrogens is 166 g/mol. The summed E-state index contributed by atoms with van der Waals surface area (Å²) in [5.74, 6) is -0.347. The second-order valence-electron chi connectivity index (χ2n) is 3.62. The van der Waals surface area contributed by atoms with E-state index in [9.17, 15) is 9.59 Å². The summed E-state index contributed by atoms with van der Waals surface area (Å²) in [6.45, 7) is 0.788. The first-order chi connectivity index (χ1) is 6.11. The largest absolute Gasteiger partial charge is 0.309 e. The lowest BCUT2D eigenvalue weighted by molar-refractivity contribution is -0.130. The number of rotatable bonds is 3. The van der Waals surface area contributed by atoms with E-state index in [0.29, 0.717) is 12.8 Å². The Hall–Kier alpha value is -0.960. The van der Waals surface area contributed by atoms with Gasteiger partial charge in [-0.15, -0.1) is 0 Å². The molecule has 0 saturated carbocycles. The van der Waals surface area contributed by atoms with E-state index in [2.05, 4.69) is 0 Å². The molecule has 0 aromatic rings. The van der Waals surface area contributed by atoms with Gasteiger partial charge < -0.3 is 4.90 Å². The average molecular weight is 181 g/mol. The lowest BCUT2D eigenvalue weighted by atomic mass is 9.89. The van der Waals surface area contributed by atoms with Crippen LogP contribution in [0.4, 0.5) is 0 Å². The standard InChI is InChI=1S/C10H15NO2/c1-11(2)7-6-8-9(12)4-3-5-10(8)13/h3-4,8H,5-7H2,1-2H3. The Morgan fingerprint density at radius 3 is 2.69 bits per heavy atom. The third-order valence-electron chi connectivity index (χ3n) is 2.20. The predicted octanol–water partition coefficient (Wildman–Crippen LogP) is 0.652. The summed E-state index contributed by atoms with van der Waals surface area (Å²) in [6.07, 6.45) is 4.25. The molecule has 0 heterocycles. The smallest absolute Gasteiger partial charge is 0.165 e. The van der Waals surface area contributed by atoms with Crippen LogP contribution in [0, 0.1) is 5.92 Å². The van der Waals surface area contributed by atoms with Crippen LogP contribution in [0.5, 0.6) is 0 Å². The van der Waals surface area contributed by atoms with E-state index < -0.39 is 0 Å². The first-order valence-corrected chi connectivity index (χ1v) is 4.49. The Balaban J connectivity index is 2.52. The molecule has 0 aliphatic heterocycles. The van der Waals surface area contributed by atoms with Gasteiger partial charge in [-0.1, -0.05) is 6.08 Å². The monoisotopic (exact) mass is 181 g/mol. The minimum Gasteiger partial charge on any atom is -0.309 e. The molecule has 1 atom stereocenters. The van der Waals surface area contributed by atoms with E-state index in [4.69, 9.17) is 0 Å². The number of carbonyl (C=O) groups excluding carboxylic acids is 2. The molecule has 13 heavy (non-hydrogen) atoms. The molecule has 0 spiro atoms. The van der Waals surface area contributed by atoms with E-state index in [0.717, 1.165) is 6.54 Å². The van der Waals surface area contributed by atoms with Crippen LogP contribution in [0.15, 0.2) is 12.2 Å². The van der Waals surface area contributed by atoms with Crippen LogP contribution in [0.3, 0.4) is 0 Å². The number of hydrogen-bond donors (Lipinski definition) is 0. The third kappa shape index (κ3) is 2.77. The molecule has 3 nitrogen and oxygen atoms in total. The minimum atomic E-state index is -0.382. The summed E-state index contributed by atoms with van der Waals surface area (Å²) in [5.41, 5.74) is 0. The lowest BCUT2D eigenvalue weighted by Crippen LogP contribution is -2.29. The van der Waals surface area contributed by atoms with Crippen molar-refractivity contribution in [2.45, 2.75) is 12.8 Å². The second-order valence-corrected chi connectivity index (χ2v) is 3.62. The van der Waals surface area contributed by atoms with Crippen molar-refractivity contribution < 1.29 is 9.59 Å². The normalized spacial score (nSPS) is 22.8. The molecule has 1 aliphatic carbocycles. The SMILES string of the molecule is CN(C)CCC1C(=O)C=CCC1=O. The van der Waals surface area contributed by atoms with Gasteiger partial charge in [0.1, 0.15) is 5.78 Å².